The highest BCUT2D eigenvalue weighted by Gasteiger charge is 1.93. The third-order valence-electron chi connectivity index (χ3n) is 1.56. The lowest BCUT2D eigenvalue weighted by molar-refractivity contribution is 1.23. The van der Waals surface area contributed by atoms with E-state index in [1.807, 2.05) is 0 Å². The SMILES string of the molecule is [2H]C([2H])=C([2H])n1c([2H])c([2H])c2ccccc21. The first kappa shape index (κ1) is 2.86. The molecule has 1 aromatic heterocycles. The molecule has 0 saturated carbocycles. The minimum absolute atomic E-state index is 0.0154. The summed E-state index contributed by atoms with van der Waals surface area (Å²) in [5, 5.41) is 0.554. The first-order valence-corrected chi connectivity index (χ1v) is 3.25. The Balaban J connectivity index is 2.90. The molecule has 1 nitrogen and oxygen atoms in total. The molecule has 1 heteroatoms. The van der Waals surface area contributed by atoms with Gasteiger partial charge in [0.25, 0.3) is 0 Å². The highest BCUT2D eigenvalue weighted by Crippen LogP contribution is 2.14. The van der Waals surface area contributed by atoms with Crippen LogP contribution in [-0.2, 0) is 0 Å². The van der Waals surface area contributed by atoms with E-state index in [2.05, 4.69) is 0 Å². The highest BCUT2D eigenvalue weighted by molar-refractivity contribution is 5.81. The Morgan fingerprint density at radius 2 is 2.55 bits per heavy atom. The molecule has 0 bridgehead atoms. The molecule has 2 aromatic rings. The van der Waals surface area contributed by atoms with Crippen LogP contribution in [0.25, 0.3) is 17.1 Å². The monoisotopic (exact) mass is 148 g/mol. The summed E-state index contributed by atoms with van der Waals surface area (Å²) in [5.41, 5.74) is 0.513. The molecule has 0 spiro atoms. The van der Waals surface area contributed by atoms with Crippen LogP contribution in [-0.4, -0.2) is 4.57 Å². The third kappa shape index (κ3) is 0.855. The first-order chi connectivity index (χ1) is 7.54. The lowest BCUT2D eigenvalue weighted by Gasteiger charge is -1.94. The van der Waals surface area contributed by atoms with Gasteiger partial charge < -0.3 is 4.57 Å². The minimum atomic E-state index is -0.672. The number of fused-ring (bicyclic) bond motifs is 1. The molecule has 54 valence electrons. The number of para-hydroxylation sites is 1. The fourth-order valence-corrected chi connectivity index (χ4v) is 1.04. The van der Waals surface area contributed by atoms with E-state index in [9.17, 15) is 0 Å². The first-order valence-electron chi connectivity index (χ1n) is 5.75. The molecule has 1 heterocycles. The van der Waals surface area contributed by atoms with Gasteiger partial charge in [-0.1, -0.05) is 24.7 Å². The molecule has 0 fully saturated rings. The maximum Gasteiger partial charge on any atom is 0.0822 e. The van der Waals surface area contributed by atoms with Gasteiger partial charge in [0.15, 0.2) is 0 Å². The maximum atomic E-state index is 7.71. The molecular weight excluding hydrogens is 134 g/mol. The maximum absolute atomic E-state index is 7.71. The molecule has 11 heavy (non-hydrogen) atoms. The molecule has 0 radical (unpaired) electrons. The van der Waals surface area contributed by atoms with Crippen molar-refractivity contribution in [2.45, 2.75) is 0 Å². The van der Waals surface area contributed by atoms with Gasteiger partial charge in [-0.25, -0.2) is 0 Å². The lowest BCUT2D eigenvalue weighted by atomic mass is 10.2. The van der Waals surface area contributed by atoms with Gasteiger partial charge in [0.05, 0.1) is 12.4 Å². The van der Waals surface area contributed by atoms with Crippen molar-refractivity contribution in [2.24, 2.45) is 0 Å². The van der Waals surface area contributed by atoms with Crippen LogP contribution in [0.3, 0.4) is 0 Å². The van der Waals surface area contributed by atoms with Crippen LogP contribution in [0.15, 0.2) is 43.0 Å². The molecule has 0 saturated heterocycles. The molecule has 0 amide bonds. The molecular formula is C10H9N. The van der Waals surface area contributed by atoms with E-state index < -0.39 is 6.53 Å². The largest absolute Gasteiger partial charge is 0.324 e. The van der Waals surface area contributed by atoms with E-state index in [4.69, 9.17) is 6.85 Å². The van der Waals surface area contributed by atoms with Crippen LogP contribution in [0.2, 0.25) is 0 Å². The van der Waals surface area contributed by atoms with Gasteiger partial charge in [-0.2, -0.15) is 0 Å². The van der Waals surface area contributed by atoms with E-state index in [0.717, 1.165) is 4.57 Å². The standard InChI is InChI=1S/C10H9N/c1-2-11-8-7-9-5-3-4-6-10(9)11/h2-8H,1H2/i1D2,2D,7D,8D. The summed E-state index contributed by atoms with van der Waals surface area (Å²) >= 11 is 0. The summed E-state index contributed by atoms with van der Waals surface area (Å²) < 4.78 is 38.3. The Hall–Kier alpha value is -1.50. The molecule has 0 atom stereocenters. The van der Waals surface area contributed by atoms with E-state index in [1.54, 1.807) is 24.3 Å². The zero-order valence-corrected chi connectivity index (χ0v) is 5.76. The lowest BCUT2D eigenvalue weighted by Crippen LogP contribution is -1.79. The van der Waals surface area contributed by atoms with Gasteiger partial charge >= 0.3 is 0 Å². The normalized spacial score (nSPS) is 16.2. The fraction of sp³-hybridized carbons (Fsp3) is 0. The summed E-state index contributed by atoms with van der Waals surface area (Å²) in [6.45, 7) is -0.672. The highest BCUT2D eigenvalue weighted by atomic mass is 14.9. The second kappa shape index (κ2) is 2.27. The topological polar surface area (TPSA) is 4.93 Å². The zero-order chi connectivity index (χ0) is 11.9. The number of hydrogen-bond acceptors (Lipinski definition) is 0. The van der Waals surface area contributed by atoms with Crippen LogP contribution in [0.1, 0.15) is 6.85 Å². The predicted molar refractivity (Wildman–Crippen MR) is 48.3 cm³/mol. The Labute approximate surface area is 72.6 Å². The average molecular weight is 148 g/mol. The molecule has 0 unspecified atom stereocenters. The number of hydrogen-bond donors (Lipinski definition) is 0. The quantitative estimate of drug-likeness (QED) is 0.586. The third-order valence-corrected chi connectivity index (χ3v) is 1.56. The van der Waals surface area contributed by atoms with Gasteiger partial charge in [0.2, 0.25) is 0 Å². The van der Waals surface area contributed by atoms with Crippen molar-refractivity contribution in [1.82, 2.24) is 4.57 Å². The number of benzene rings is 1. The van der Waals surface area contributed by atoms with Crippen molar-refractivity contribution in [2.75, 3.05) is 0 Å². The van der Waals surface area contributed by atoms with Crippen molar-refractivity contribution >= 4 is 17.1 Å². The second-order valence-electron chi connectivity index (χ2n) is 2.20. The van der Waals surface area contributed by atoms with Crippen LogP contribution in [0.4, 0.5) is 0 Å². The van der Waals surface area contributed by atoms with E-state index in [1.165, 1.54) is 0 Å². The predicted octanol–water partition coefficient (Wildman–Crippen LogP) is 2.74. The number of rotatable bonds is 1. The fourth-order valence-electron chi connectivity index (χ4n) is 1.04. The average Bonchev–Trinajstić information content (AvgIpc) is 2.52. The van der Waals surface area contributed by atoms with Crippen LogP contribution >= 0.6 is 0 Å². The number of nitrogens with zero attached hydrogens (tertiary/aromatic N) is 1. The summed E-state index contributed by atoms with van der Waals surface area (Å²) in [5.74, 6) is 0. The van der Waals surface area contributed by atoms with Crippen molar-refractivity contribution in [3.63, 3.8) is 0 Å². The van der Waals surface area contributed by atoms with E-state index >= 15 is 0 Å². The van der Waals surface area contributed by atoms with Gasteiger partial charge in [-0.3, -0.25) is 0 Å². The Morgan fingerprint density at radius 3 is 3.45 bits per heavy atom. The van der Waals surface area contributed by atoms with Gasteiger partial charge in [0, 0.05) is 12.3 Å². The zero-order valence-electron chi connectivity index (χ0n) is 10.8. The van der Waals surface area contributed by atoms with Crippen LogP contribution in [0.5, 0.6) is 0 Å². The van der Waals surface area contributed by atoms with Crippen LogP contribution in [0, 0.1) is 0 Å². The summed E-state index contributed by atoms with van der Waals surface area (Å²) in [6, 6.07) is 6.86. The molecule has 0 N–H and O–H groups in total. The molecule has 0 aliphatic carbocycles. The number of aromatic nitrogens is 1. The Kier molecular flexibility index (Phi) is 0.591. The molecule has 0 aliphatic rings. The smallest absolute Gasteiger partial charge is 0.0822 e. The van der Waals surface area contributed by atoms with Gasteiger partial charge in [0.1, 0.15) is 0 Å². The van der Waals surface area contributed by atoms with Crippen molar-refractivity contribution in [1.29, 1.82) is 0 Å². The van der Waals surface area contributed by atoms with Crippen molar-refractivity contribution < 1.29 is 6.85 Å². The Morgan fingerprint density at radius 1 is 1.64 bits per heavy atom. The minimum Gasteiger partial charge on any atom is -0.324 e. The molecule has 1 aromatic carbocycles. The Bertz CT molecular complexity index is 580. The van der Waals surface area contributed by atoms with Crippen molar-refractivity contribution in [3.05, 3.63) is 43.0 Å². The molecule has 0 aliphatic heterocycles. The molecule has 2 rings (SSSR count). The van der Waals surface area contributed by atoms with E-state index in [-0.39, 0.29) is 18.4 Å². The second-order valence-corrected chi connectivity index (χ2v) is 2.20. The van der Waals surface area contributed by atoms with Gasteiger partial charge in [-0.15, -0.1) is 0 Å². The summed E-state index contributed by atoms with van der Waals surface area (Å²) in [6.07, 6.45) is -0.553. The van der Waals surface area contributed by atoms with E-state index in [0.29, 0.717) is 10.9 Å². The van der Waals surface area contributed by atoms with Crippen LogP contribution < -0.4 is 0 Å². The van der Waals surface area contributed by atoms with Gasteiger partial charge in [-0.05, 0) is 17.5 Å². The van der Waals surface area contributed by atoms with Crippen molar-refractivity contribution in [3.8, 4) is 0 Å². The summed E-state index contributed by atoms with van der Waals surface area (Å²) in [4.78, 5) is 0. The summed E-state index contributed by atoms with van der Waals surface area (Å²) in [7, 11) is 0.